The van der Waals surface area contributed by atoms with Crippen LogP contribution in [0.15, 0.2) is 24.3 Å². The summed E-state index contributed by atoms with van der Waals surface area (Å²) in [6, 6.07) is 6.73. The lowest BCUT2D eigenvalue weighted by Crippen LogP contribution is -2.47. The van der Waals surface area contributed by atoms with Crippen LogP contribution in [0.3, 0.4) is 0 Å². The number of likely N-dealkylation sites (tertiary alicyclic amines) is 1. The van der Waals surface area contributed by atoms with Crippen molar-refractivity contribution in [3.05, 3.63) is 35.4 Å². The Morgan fingerprint density at radius 2 is 1.90 bits per heavy atom. The van der Waals surface area contributed by atoms with Gasteiger partial charge in [-0.15, -0.1) is 0 Å². The van der Waals surface area contributed by atoms with E-state index in [1.165, 1.54) is 4.90 Å². The molecule has 1 aromatic rings. The molecule has 1 atom stereocenters. The molecular formula is C16H22N2O3. The highest BCUT2D eigenvalue weighted by Gasteiger charge is 2.32. The highest BCUT2D eigenvalue weighted by Crippen LogP contribution is 2.20. The van der Waals surface area contributed by atoms with Crippen LogP contribution in [0.4, 0.5) is 0 Å². The number of aliphatic carboxylic acids is 1. The van der Waals surface area contributed by atoms with E-state index < -0.39 is 12.0 Å². The van der Waals surface area contributed by atoms with Crippen LogP contribution < -0.4 is 0 Å². The topological polar surface area (TPSA) is 60.9 Å². The molecule has 1 aromatic carbocycles. The predicted octanol–water partition coefficient (Wildman–Crippen LogP) is 1.83. The molecule has 1 aliphatic rings. The molecule has 1 amide bonds. The maximum Gasteiger partial charge on any atom is 0.326 e. The molecule has 5 heteroatoms. The highest BCUT2D eigenvalue weighted by atomic mass is 16.4. The first kappa shape index (κ1) is 15.5. The summed E-state index contributed by atoms with van der Waals surface area (Å²) in [6.07, 6.45) is 2.27. The molecule has 0 aliphatic carbocycles. The number of carbonyl (C=O) groups is 2. The Labute approximate surface area is 125 Å². The van der Waals surface area contributed by atoms with Crippen LogP contribution in [-0.4, -0.2) is 53.5 Å². The number of hydrogen-bond donors (Lipinski definition) is 1. The van der Waals surface area contributed by atoms with Gasteiger partial charge in [0.1, 0.15) is 6.04 Å². The Balaban J connectivity index is 2.12. The van der Waals surface area contributed by atoms with Gasteiger partial charge in [0.2, 0.25) is 0 Å². The fourth-order valence-electron chi connectivity index (χ4n) is 2.72. The molecule has 1 N–H and O–H groups in total. The first-order valence-corrected chi connectivity index (χ1v) is 7.26. The van der Waals surface area contributed by atoms with Crippen LogP contribution in [-0.2, 0) is 11.3 Å². The maximum atomic E-state index is 12.5. The summed E-state index contributed by atoms with van der Waals surface area (Å²) in [5.41, 5.74) is 1.69. The van der Waals surface area contributed by atoms with Gasteiger partial charge in [-0.1, -0.05) is 12.1 Å². The van der Waals surface area contributed by atoms with Crippen LogP contribution in [0.1, 0.15) is 35.2 Å². The summed E-state index contributed by atoms with van der Waals surface area (Å²) in [5, 5.41) is 9.25. The smallest absolute Gasteiger partial charge is 0.326 e. The maximum absolute atomic E-state index is 12.5. The van der Waals surface area contributed by atoms with Gasteiger partial charge in [0.15, 0.2) is 0 Å². The molecule has 1 aliphatic heterocycles. The van der Waals surface area contributed by atoms with Crippen molar-refractivity contribution in [2.24, 2.45) is 0 Å². The van der Waals surface area contributed by atoms with Gasteiger partial charge in [-0.05, 0) is 51.1 Å². The first-order valence-electron chi connectivity index (χ1n) is 7.26. The molecule has 2 rings (SSSR count). The fourth-order valence-corrected chi connectivity index (χ4v) is 2.72. The summed E-state index contributed by atoms with van der Waals surface area (Å²) in [6.45, 7) is 1.34. The molecule has 1 fully saturated rings. The Bertz CT molecular complexity index is 511. The Hall–Kier alpha value is -1.88. The van der Waals surface area contributed by atoms with E-state index in [0.29, 0.717) is 18.5 Å². The van der Waals surface area contributed by atoms with Gasteiger partial charge in [0.25, 0.3) is 5.91 Å². The zero-order valence-electron chi connectivity index (χ0n) is 12.6. The summed E-state index contributed by atoms with van der Waals surface area (Å²) < 4.78 is 0. The molecule has 1 heterocycles. The molecular weight excluding hydrogens is 268 g/mol. The Kier molecular flexibility index (Phi) is 4.96. The Morgan fingerprint density at radius 3 is 2.48 bits per heavy atom. The van der Waals surface area contributed by atoms with Gasteiger partial charge in [-0.3, -0.25) is 4.79 Å². The third kappa shape index (κ3) is 3.82. The molecule has 21 heavy (non-hydrogen) atoms. The van der Waals surface area contributed by atoms with Crippen molar-refractivity contribution in [3.63, 3.8) is 0 Å². The van der Waals surface area contributed by atoms with Crippen LogP contribution in [0.5, 0.6) is 0 Å². The van der Waals surface area contributed by atoms with Crippen molar-refractivity contribution in [1.29, 1.82) is 0 Å². The normalized spacial score (nSPS) is 18.8. The zero-order valence-corrected chi connectivity index (χ0v) is 12.6. The molecule has 0 bridgehead atoms. The van der Waals surface area contributed by atoms with Gasteiger partial charge in [0.05, 0.1) is 0 Å². The molecule has 0 spiro atoms. The lowest BCUT2D eigenvalue weighted by Gasteiger charge is -2.33. The average Bonchev–Trinajstić information content (AvgIpc) is 2.46. The van der Waals surface area contributed by atoms with Crippen LogP contribution in [0.2, 0.25) is 0 Å². The van der Waals surface area contributed by atoms with Crippen molar-refractivity contribution in [2.45, 2.75) is 31.8 Å². The van der Waals surface area contributed by atoms with Crippen molar-refractivity contribution < 1.29 is 14.7 Å². The number of amides is 1. The number of hydrogen-bond acceptors (Lipinski definition) is 3. The first-order chi connectivity index (χ1) is 9.99. The minimum atomic E-state index is -0.910. The van der Waals surface area contributed by atoms with E-state index in [2.05, 4.69) is 4.90 Å². The lowest BCUT2D eigenvalue weighted by atomic mass is 10.0. The fraction of sp³-hybridized carbons (Fsp3) is 0.500. The predicted molar refractivity (Wildman–Crippen MR) is 80.1 cm³/mol. The van der Waals surface area contributed by atoms with Crippen molar-refractivity contribution >= 4 is 11.9 Å². The minimum Gasteiger partial charge on any atom is -0.480 e. The number of rotatable bonds is 4. The standard InChI is InChI=1S/C16H22N2O3/c1-17(2)11-12-6-8-13(9-7-12)15(19)18-10-4-3-5-14(18)16(20)21/h6-9,14H,3-5,10-11H2,1-2H3,(H,20,21). The van der Waals surface area contributed by atoms with Gasteiger partial charge in [-0.25, -0.2) is 4.79 Å². The molecule has 1 saturated heterocycles. The van der Waals surface area contributed by atoms with Crippen molar-refractivity contribution in [2.75, 3.05) is 20.6 Å². The number of carboxylic acids is 1. The number of carbonyl (C=O) groups excluding carboxylic acids is 1. The average molecular weight is 290 g/mol. The molecule has 0 radical (unpaired) electrons. The SMILES string of the molecule is CN(C)Cc1ccc(C(=O)N2CCCCC2C(=O)O)cc1. The van der Waals surface area contributed by atoms with E-state index in [1.54, 1.807) is 12.1 Å². The van der Waals surface area contributed by atoms with Crippen LogP contribution in [0.25, 0.3) is 0 Å². The van der Waals surface area contributed by atoms with Gasteiger partial charge < -0.3 is 14.9 Å². The second-order valence-electron chi connectivity index (χ2n) is 5.78. The van der Waals surface area contributed by atoms with E-state index in [9.17, 15) is 14.7 Å². The summed E-state index contributed by atoms with van der Waals surface area (Å²) in [7, 11) is 3.98. The number of carboxylic acid groups (broad SMARTS) is 1. The molecule has 5 nitrogen and oxygen atoms in total. The van der Waals surface area contributed by atoms with Gasteiger partial charge in [-0.2, -0.15) is 0 Å². The van der Waals surface area contributed by atoms with E-state index in [0.717, 1.165) is 24.9 Å². The van der Waals surface area contributed by atoms with Crippen LogP contribution in [0, 0.1) is 0 Å². The second-order valence-corrected chi connectivity index (χ2v) is 5.78. The van der Waals surface area contributed by atoms with E-state index in [-0.39, 0.29) is 5.91 Å². The number of benzene rings is 1. The van der Waals surface area contributed by atoms with Gasteiger partial charge >= 0.3 is 5.97 Å². The van der Waals surface area contributed by atoms with Crippen molar-refractivity contribution in [1.82, 2.24) is 9.80 Å². The summed E-state index contributed by atoms with van der Waals surface area (Å²) in [5.74, 6) is -1.09. The Morgan fingerprint density at radius 1 is 1.24 bits per heavy atom. The number of nitrogens with zero attached hydrogens (tertiary/aromatic N) is 2. The minimum absolute atomic E-state index is 0.182. The quantitative estimate of drug-likeness (QED) is 0.919. The number of piperidine rings is 1. The third-order valence-electron chi connectivity index (χ3n) is 3.75. The second kappa shape index (κ2) is 6.72. The van der Waals surface area contributed by atoms with Crippen LogP contribution >= 0.6 is 0 Å². The highest BCUT2D eigenvalue weighted by molar-refractivity contribution is 5.96. The largest absolute Gasteiger partial charge is 0.480 e. The van der Waals surface area contributed by atoms with E-state index >= 15 is 0 Å². The summed E-state index contributed by atoms with van der Waals surface area (Å²) in [4.78, 5) is 27.3. The van der Waals surface area contributed by atoms with Crippen molar-refractivity contribution in [3.8, 4) is 0 Å². The van der Waals surface area contributed by atoms with Gasteiger partial charge in [0, 0.05) is 18.7 Å². The zero-order chi connectivity index (χ0) is 15.4. The van der Waals surface area contributed by atoms with E-state index in [4.69, 9.17) is 0 Å². The third-order valence-corrected chi connectivity index (χ3v) is 3.75. The molecule has 0 saturated carbocycles. The van der Waals surface area contributed by atoms with E-state index in [1.807, 2.05) is 26.2 Å². The molecule has 1 unspecified atom stereocenters. The summed E-state index contributed by atoms with van der Waals surface area (Å²) >= 11 is 0. The lowest BCUT2D eigenvalue weighted by molar-refractivity contribution is -0.143. The molecule has 114 valence electrons. The molecule has 0 aromatic heterocycles. The monoisotopic (exact) mass is 290 g/mol.